The van der Waals surface area contributed by atoms with Crippen molar-refractivity contribution in [3.8, 4) is 17.2 Å². The molecule has 7 heteroatoms. The number of carbonyl (C=O) groups is 1. The van der Waals surface area contributed by atoms with E-state index in [1.165, 1.54) is 0 Å². The van der Waals surface area contributed by atoms with E-state index in [-0.39, 0.29) is 18.2 Å². The normalized spacial score (nSPS) is 11.6. The van der Waals surface area contributed by atoms with Crippen molar-refractivity contribution in [1.82, 2.24) is 10.6 Å². The van der Waals surface area contributed by atoms with Crippen molar-refractivity contribution in [2.75, 3.05) is 20.3 Å². The summed E-state index contributed by atoms with van der Waals surface area (Å²) in [6.45, 7) is 6.56. The molecule has 0 heterocycles. The van der Waals surface area contributed by atoms with E-state index in [4.69, 9.17) is 25.8 Å². The second kappa shape index (κ2) is 10.7. The minimum atomic E-state index is -0.270. The van der Waals surface area contributed by atoms with Crippen molar-refractivity contribution in [3.05, 3.63) is 53.1 Å². The maximum atomic E-state index is 12.1. The van der Waals surface area contributed by atoms with Crippen molar-refractivity contribution in [1.29, 1.82) is 0 Å². The summed E-state index contributed by atoms with van der Waals surface area (Å²) in [4.78, 5) is 12.1. The summed E-state index contributed by atoms with van der Waals surface area (Å²) in [6, 6.07) is 12.2. The van der Waals surface area contributed by atoms with Gasteiger partial charge in [-0.15, -0.1) is 0 Å². The van der Waals surface area contributed by atoms with Gasteiger partial charge in [0, 0.05) is 5.02 Å². The quantitative estimate of drug-likeness (QED) is 0.598. The predicted molar refractivity (Wildman–Crippen MR) is 111 cm³/mol. The summed E-state index contributed by atoms with van der Waals surface area (Å²) in [5.74, 6) is 2.02. The zero-order valence-corrected chi connectivity index (χ0v) is 17.4. The van der Waals surface area contributed by atoms with Gasteiger partial charge >= 0.3 is 6.03 Å². The number of rotatable bonds is 9. The first-order valence-electron chi connectivity index (χ1n) is 9.16. The molecule has 2 aromatic rings. The molecule has 2 N–H and O–H groups in total. The monoisotopic (exact) mass is 406 g/mol. The molecule has 0 radical (unpaired) electrons. The molecule has 6 nitrogen and oxygen atoms in total. The Morgan fingerprint density at radius 2 is 1.79 bits per heavy atom. The van der Waals surface area contributed by atoms with Gasteiger partial charge in [0.1, 0.15) is 12.4 Å². The standard InChI is InChI=1S/C21H27ClN2O4/c1-14(2)28-19-10-5-16(13-20(19)26-4)15(3)24-21(25)23-11-12-27-18-8-6-17(22)7-9-18/h5-10,13-15H,11-12H2,1-4H3,(H2,23,24,25). The smallest absolute Gasteiger partial charge is 0.315 e. The molecule has 1 unspecified atom stereocenters. The fraction of sp³-hybridized carbons (Fsp3) is 0.381. The van der Waals surface area contributed by atoms with E-state index in [0.717, 1.165) is 5.56 Å². The van der Waals surface area contributed by atoms with Gasteiger partial charge in [-0.25, -0.2) is 4.79 Å². The Balaban J connectivity index is 1.80. The van der Waals surface area contributed by atoms with Gasteiger partial charge in [-0.2, -0.15) is 0 Å². The molecular formula is C21H27ClN2O4. The number of methoxy groups -OCH3 is 1. The lowest BCUT2D eigenvalue weighted by Gasteiger charge is -2.18. The lowest BCUT2D eigenvalue weighted by atomic mass is 10.1. The third-order valence-corrected chi connectivity index (χ3v) is 4.12. The summed E-state index contributed by atoms with van der Waals surface area (Å²) in [7, 11) is 1.60. The number of urea groups is 1. The van der Waals surface area contributed by atoms with Crippen molar-refractivity contribution >= 4 is 17.6 Å². The molecule has 2 rings (SSSR count). The molecule has 0 aliphatic carbocycles. The first-order chi connectivity index (χ1) is 13.4. The van der Waals surface area contributed by atoms with E-state index in [1.54, 1.807) is 31.4 Å². The average molecular weight is 407 g/mol. The third-order valence-electron chi connectivity index (χ3n) is 3.87. The highest BCUT2D eigenvalue weighted by atomic mass is 35.5. The van der Waals surface area contributed by atoms with Gasteiger partial charge < -0.3 is 24.8 Å². The third kappa shape index (κ3) is 6.85. The molecule has 0 saturated carbocycles. The molecule has 0 aliphatic heterocycles. The van der Waals surface area contributed by atoms with Crippen LogP contribution in [0.2, 0.25) is 5.02 Å². The summed E-state index contributed by atoms with van der Waals surface area (Å²) in [6.07, 6.45) is 0.0520. The minimum Gasteiger partial charge on any atom is -0.493 e. The zero-order chi connectivity index (χ0) is 20.5. The Kier molecular flexibility index (Phi) is 8.26. The number of hydrogen-bond donors (Lipinski definition) is 2. The molecule has 28 heavy (non-hydrogen) atoms. The molecule has 152 valence electrons. The summed E-state index contributed by atoms with van der Waals surface area (Å²) in [5.41, 5.74) is 0.917. The fourth-order valence-electron chi connectivity index (χ4n) is 2.50. The molecule has 2 amide bonds. The molecule has 0 aliphatic rings. The second-order valence-corrected chi connectivity index (χ2v) is 6.94. The molecule has 2 aromatic carbocycles. The Morgan fingerprint density at radius 1 is 1.07 bits per heavy atom. The first-order valence-corrected chi connectivity index (χ1v) is 9.54. The van der Waals surface area contributed by atoms with Crippen LogP contribution in [0.5, 0.6) is 17.2 Å². The highest BCUT2D eigenvalue weighted by molar-refractivity contribution is 6.30. The Bertz CT molecular complexity index is 766. The van der Waals surface area contributed by atoms with Gasteiger partial charge in [0.25, 0.3) is 0 Å². The molecule has 0 aromatic heterocycles. The van der Waals surface area contributed by atoms with E-state index in [9.17, 15) is 4.79 Å². The van der Waals surface area contributed by atoms with Crippen LogP contribution in [0.15, 0.2) is 42.5 Å². The lowest BCUT2D eigenvalue weighted by Crippen LogP contribution is -2.39. The number of halogens is 1. The van der Waals surface area contributed by atoms with Crippen LogP contribution in [-0.4, -0.2) is 32.4 Å². The van der Waals surface area contributed by atoms with Crippen LogP contribution in [0, 0.1) is 0 Å². The van der Waals surface area contributed by atoms with Crippen LogP contribution in [-0.2, 0) is 0 Å². The van der Waals surface area contributed by atoms with Gasteiger partial charge in [0.2, 0.25) is 0 Å². The Labute approximate surface area is 171 Å². The lowest BCUT2D eigenvalue weighted by molar-refractivity contribution is 0.229. The molecular weight excluding hydrogens is 380 g/mol. The largest absolute Gasteiger partial charge is 0.493 e. The fourth-order valence-corrected chi connectivity index (χ4v) is 2.63. The molecule has 0 fully saturated rings. The molecule has 0 bridgehead atoms. The van der Waals surface area contributed by atoms with Crippen molar-refractivity contribution in [2.45, 2.75) is 32.9 Å². The van der Waals surface area contributed by atoms with Crippen LogP contribution in [0.3, 0.4) is 0 Å². The highest BCUT2D eigenvalue weighted by Gasteiger charge is 2.13. The van der Waals surface area contributed by atoms with E-state index in [0.29, 0.717) is 35.4 Å². The van der Waals surface area contributed by atoms with Crippen molar-refractivity contribution < 1.29 is 19.0 Å². The van der Waals surface area contributed by atoms with Crippen LogP contribution in [0.4, 0.5) is 4.79 Å². The van der Waals surface area contributed by atoms with E-state index >= 15 is 0 Å². The summed E-state index contributed by atoms with van der Waals surface area (Å²) < 4.78 is 16.7. The van der Waals surface area contributed by atoms with Gasteiger partial charge in [0.05, 0.1) is 25.8 Å². The van der Waals surface area contributed by atoms with Crippen LogP contribution >= 0.6 is 11.6 Å². The van der Waals surface area contributed by atoms with Crippen molar-refractivity contribution in [2.24, 2.45) is 0 Å². The Hall–Kier alpha value is -2.60. The van der Waals surface area contributed by atoms with Gasteiger partial charge in [-0.3, -0.25) is 0 Å². The number of amides is 2. The Morgan fingerprint density at radius 3 is 2.43 bits per heavy atom. The number of ether oxygens (including phenoxy) is 3. The summed E-state index contributed by atoms with van der Waals surface area (Å²) >= 11 is 5.83. The topological polar surface area (TPSA) is 68.8 Å². The minimum absolute atomic E-state index is 0.0520. The second-order valence-electron chi connectivity index (χ2n) is 6.50. The highest BCUT2D eigenvalue weighted by Crippen LogP contribution is 2.31. The van der Waals surface area contributed by atoms with Gasteiger partial charge in [0.15, 0.2) is 11.5 Å². The van der Waals surface area contributed by atoms with Gasteiger partial charge in [-0.05, 0) is 62.7 Å². The number of benzene rings is 2. The van der Waals surface area contributed by atoms with Crippen LogP contribution in [0.25, 0.3) is 0 Å². The zero-order valence-electron chi connectivity index (χ0n) is 16.6. The molecule has 0 saturated heterocycles. The van der Waals surface area contributed by atoms with E-state index in [2.05, 4.69) is 10.6 Å². The van der Waals surface area contributed by atoms with Gasteiger partial charge in [-0.1, -0.05) is 17.7 Å². The maximum absolute atomic E-state index is 12.1. The molecule has 1 atom stereocenters. The maximum Gasteiger partial charge on any atom is 0.315 e. The summed E-state index contributed by atoms with van der Waals surface area (Å²) in [5, 5.41) is 6.32. The van der Waals surface area contributed by atoms with Crippen molar-refractivity contribution in [3.63, 3.8) is 0 Å². The first kappa shape index (κ1) is 21.7. The SMILES string of the molecule is COc1cc(C(C)NC(=O)NCCOc2ccc(Cl)cc2)ccc1OC(C)C. The number of carbonyl (C=O) groups excluding carboxylic acids is 1. The number of nitrogens with one attached hydrogen (secondary N) is 2. The average Bonchev–Trinajstić information content (AvgIpc) is 2.66. The van der Waals surface area contributed by atoms with Crippen LogP contribution < -0.4 is 24.8 Å². The van der Waals surface area contributed by atoms with Crippen LogP contribution in [0.1, 0.15) is 32.4 Å². The van der Waals surface area contributed by atoms with E-state index in [1.807, 2.05) is 39.0 Å². The van der Waals surface area contributed by atoms with E-state index < -0.39 is 0 Å². The molecule has 0 spiro atoms. The number of hydrogen-bond acceptors (Lipinski definition) is 4. The predicted octanol–water partition coefficient (Wildman–Crippen LogP) is 4.58.